The van der Waals surface area contributed by atoms with Crippen molar-refractivity contribution in [1.82, 2.24) is 0 Å². The molecule has 1 aliphatic rings. The summed E-state index contributed by atoms with van der Waals surface area (Å²) < 4.78 is 5.25. The van der Waals surface area contributed by atoms with Crippen LogP contribution in [-0.2, 0) is 9.53 Å². The highest BCUT2D eigenvalue weighted by Crippen LogP contribution is 2.37. The van der Waals surface area contributed by atoms with Gasteiger partial charge < -0.3 is 15.6 Å². The molecule has 1 fully saturated rings. The van der Waals surface area contributed by atoms with Gasteiger partial charge in [-0.05, 0) is 39.5 Å². The molecule has 4 nitrogen and oxygen atoms in total. The molecule has 0 aromatic carbocycles. The monoisotopic (exact) mass is 215 g/mol. The number of carbonyl (C=O) groups excluding carboxylic acids is 1. The van der Waals surface area contributed by atoms with Gasteiger partial charge >= 0.3 is 5.97 Å². The lowest BCUT2D eigenvalue weighted by molar-refractivity contribution is -0.166. The Labute approximate surface area is 90.8 Å². The number of nitrogens with two attached hydrogens (primary N) is 1. The Morgan fingerprint density at radius 2 is 2.07 bits per heavy atom. The summed E-state index contributed by atoms with van der Waals surface area (Å²) in [6, 6.07) is 0. The molecule has 0 aliphatic heterocycles. The first-order valence-electron chi connectivity index (χ1n) is 5.44. The highest BCUT2D eigenvalue weighted by Gasteiger charge is 2.39. The van der Waals surface area contributed by atoms with Gasteiger partial charge in [-0.2, -0.15) is 0 Å². The molecule has 0 heterocycles. The van der Waals surface area contributed by atoms with Gasteiger partial charge in [-0.25, -0.2) is 0 Å². The second-order valence-corrected chi connectivity index (χ2v) is 5.26. The molecule has 0 bridgehead atoms. The fourth-order valence-electron chi connectivity index (χ4n) is 1.75. The number of esters is 1. The van der Waals surface area contributed by atoms with Crippen LogP contribution in [0.15, 0.2) is 0 Å². The maximum atomic E-state index is 11.6. The van der Waals surface area contributed by atoms with E-state index in [9.17, 15) is 9.90 Å². The molecule has 0 spiro atoms. The lowest BCUT2D eigenvalue weighted by Gasteiger charge is -2.37. The van der Waals surface area contributed by atoms with E-state index in [2.05, 4.69) is 0 Å². The van der Waals surface area contributed by atoms with Crippen LogP contribution in [0.2, 0.25) is 0 Å². The van der Waals surface area contributed by atoms with Gasteiger partial charge in [0.05, 0.1) is 12.0 Å². The van der Waals surface area contributed by atoms with E-state index in [1.54, 1.807) is 0 Å². The van der Waals surface area contributed by atoms with Gasteiger partial charge in [-0.15, -0.1) is 0 Å². The summed E-state index contributed by atoms with van der Waals surface area (Å²) in [6.07, 6.45) is 0.935. The predicted molar refractivity (Wildman–Crippen MR) is 57.1 cm³/mol. The first-order chi connectivity index (χ1) is 6.83. The van der Waals surface area contributed by atoms with Crippen molar-refractivity contribution in [3.63, 3.8) is 0 Å². The maximum Gasteiger partial charge on any atom is 0.309 e. The molecule has 15 heavy (non-hydrogen) atoms. The van der Waals surface area contributed by atoms with Crippen molar-refractivity contribution < 1.29 is 14.6 Å². The molecule has 1 unspecified atom stereocenters. The van der Waals surface area contributed by atoms with Gasteiger partial charge in [0, 0.05) is 6.54 Å². The Bertz CT molecular complexity index is 228. The molecule has 4 heteroatoms. The second kappa shape index (κ2) is 4.49. The molecule has 0 aromatic rings. The second-order valence-electron chi connectivity index (χ2n) is 5.26. The molecule has 0 radical (unpaired) electrons. The zero-order valence-corrected chi connectivity index (χ0v) is 9.69. The summed E-state index contributed by atoms with van der Waals surface area (Å²) in [4.78, 5) is 11.6. The lowest BCUT2D eigenvalue weighted by atomic mass is 9.72. The van der Waals surface area contributed by atoms with E-state index in [0.29, 0.717) is 12.8 Å². The Morgan fingerprint density at radius 3 is 2.47 bits per heavy atom. The smallest absolute Gasteiger partial charge is 0.309 e. The molecule has 3 N–H and O–H groups in total. The van der Waals surface area contributed by atoms with E-state index >= 15 is 0 Å². The summed E-state index contributed by atoms with van der Waals surface area (Å²) in [5.74, 6) is -0.0223. The average Bonchev–Trinajstić information content (AvgIpc) is 1.97. The zero-order valence-electron chi connectivity index (χ0n) is 9.69. The minimum absolute atomic E-state index is 0.0459. The summed E-state index contributed by atoms with van der Waals surface area (Å²) in [6.45, 7) is 5.84. The van der Waals surface area contributed by atoms with Gasteiger partial charge in [-0.3, -0.25) is 4.79 Å². The van der Waals surface area contributed by atoms with E-state index in [1.165, 1.54) is 0 Å². The number of rotatable bonds is 3. The normalized spacial score (nSPS) is 28.1. The zero-order chi connectivity index (χ0) is 11.6. The molecular formula is C11H21NO3. The van der Waals surface area contributed by atoms with Crippen molar-refractivity contribution in [2.75, 3.05) is 6.54 Å². The van der Waals surface area contributed by atoms with Crippen molar-refractivity contribution in [2.45, 2.75) is 45.3 Å². The average molecular weight is 215 g/mol. The Balaban J connectivity index is 2.30. The molecule has 0 saturated heterocycles. The fourth-order valence-corrected chi connectivity index (χ4v) is 1.75. The summed E-state index contributed by atoms with van der Waals surface area (Å²) in [5, 5.41) is 9.43. The number of ether oxygens (including phenoxy) is 1. The van der Waals surface area contributed by atoms with E-state index < -0.39 is 11.7 Å². The molecule has 0 aromatic heterocycles. The highest BCUT2D eigenvalue weighted by atomic mass is 16.6. The third-order valence-electron chi connectivity index (χ3n) is 2.70. The third-order valence-corrected chi connectivity index (χ3v) is 2.70. The highest BCUT2D eigenvalue weighted by molar-refractivity contribution is 5.73. The van der Waals surface area contributed by atoms with Gasteiger partial charge in [0.1, 0.15) is 5.60 Å². The maximum absolute atomic E-state index is 11.6. The van der Waals surface area contributed by atoms with E-state index in [4.69, 9.17) is 10.5 Å². The van der Waals surface area contributed by atoms with Crippen LogP contribution in [0.4, 0.5) is 0 Å². The SMILES string of the molecule is CC(C)(C)OC(=O)C1CC(C(O)CN)C1. The van der Waals surface area contributed by atoms with Crippen molar-refractivity contribution in [2.24, 2.45) is 17.6 Å². The number of hydrogen-bond donors (Lipinski definition) is 2. The van der Waals surface area contributed by atoms with Crippen LogP contribution >= 0.6 is 0 Å². The van der Waals surface area contributed by atoms with E-state index in [1.807, 2.05) is 20.8 Å². The van der Waals surface area contributed by atoms with Crippen LogP contribution < -0.4 is 5.73 Å². The predicted octanol–water partition coefficient (Wildman–Crippen LogP) is 0.674. The molecule has 1 saturated carbocycles. The summed E-state index contributed by atoms with van der Waals surface area (Å²) in [7, 11) is 0. The summed E-state index contributed by atoms with van der Waals surface area (Å²) >= 11 is 0. The number of aliphatic hydroxyl groups excluding tert-OH is 1. The topological polar surface area (TPSA) is 72.5 Å². The van der Waals surface area contributed by atoms with E-state index in [-0.39, 0.29) is 24.3 Å². The van der Waals surface area contributed by atoms with Crippen LogP contribution in [0, 0.1) is 11.8 Å². The minimum atomic E-state index is -0.469. The Kier molecular flexibility index (Phi) is 3.73. The van der Waals surface area contributed by atoms with Crippen LogP contribution in [-0.4, -0.2) is 29.3 Å². The van der Waals surface area contributed by atoms with Crippen molar-refractivity contribution in [1.29, 1.82) is 0 Å². The molecule has 1 aliphatic carbocycles. The number of hydrogen-bond acceptors (Lipinski definition) is 4. The van der Waals surface area contributed by atoms with Crippen molar-refractivity contribution in [3.05, 3.63) is 0 Å². The molecule has 1 rings (SSSR count). The molecule has 1 atom stereocenters. The number of aliphatic hydroxyl groups is 1. The quantitative estimate of drug-likeness (QED) is 0.679. The number of carbonyl (C=O) groups is 1. The van der Waals surface area contributed by atoms with Crippen LogP contribution in [0.5, 0.6) is 0 Å². The fraction of sp³-hybridized carbons (Fsp3) is 0.909. The van der Waals surface area contributed by atoms with Crippen molar-refractivity contribution >= 4 is 5.97 Å². The lowest BCUT2D eigenvalue weighted by Crippen LogP contribution is -2.42. The van der Waals surface area contributed by atoms with Gasteiger partial charge in [0.25, 0.3) is 0 Å². The van der Waals surface area contributed by atoms with Crippen molar-refractivity contribution in [3.8, 4) is 0 Å². The molecule has 88 valence electrons. The molecule has 0 amide bonds. The Morgan fingerprint density at radius 1 is 1.53 bits per heavy atom. The first kappa shape index (κ1) is 12.5. The van der Waals surface area contributed by atoms with Gasteiger partial charge in [0.15, 0.2) is 0 Å². The standard InChI is InChI=1S/C11H21NO3/c1-11(2,3)15-10(14)8-4-7(5-8)9(13)6-12/h7-9,13H,4-6,12H2,1-3H3. The van der Waals surface area contributed by atoms with Crippen LogP contribution in [0.1, 0.15) is 33.6 Å². The minimum Gasteiger partial charge on any atom is -0.460 e. The third kappa shape index (κ3) is 3.47. The van der Waals surface area contributed by atoms with Crippen LogP contribution in [0.25, 0.3) is 0 Å². The van der Waals surface area contributed by atoms with Gasteiger partial charge in [-0.1, -0.05) is 0 Å². The Hall–Kier alpha value is -0.610. The summed E-state index contributed by atoms with van der Waals surface area (Å²) in [5.41, 5.74) is 4.92. The van der Waals surface area contributed by atoms with E-state index in [0.717, 1.165) is 0 Å². The van der Waals surface area contributed by atoms with Crippen LogP contribution in [0.3, 0.4) is 0 Å². The first-order valence-corrected chi connectivity index (χ1v) is 5.44. The largest absolute Gasteiger partial charge is 0.460 e. The van der Waals surface area contributed by atoms with Gasteiger partial charge in [0.2, 0.25) is 0 Å². The molecular weight excluding hydrogens is 194 g/mol.